The van der Waals surface area contributed by atoms with Crippen LogP contribution in [0.3, 0.4) is 0 Å². The van der Waals surface area contributed by atoms with Crippen LogP contribution < -0.4 is 0 Å². The van der Waals surface area contributed by atoms with Gasteiger partial charge < -0.3 is 19.4 Å². The Morgan fingerprint density at radius 2 is 1.22 bits per heavy atom. The number of rotatable bonds is 5. The average molecular weight is 741 g/mol. The molecule has 10 nitrogen and oxygen atoms in total. The first-order chi connectivity index (χ1) is 26.3. The first-order valence-electron chi connectivity index (χ1n) is 20.1. The van der Waals surface area contributed by atoms with E-state index in [-0.39, 0.29) is 24.3 Å². The van der Waals surface area contributed by atoms with Crippen LogP contribution in [0.1, 0.15) is 133 Å². The fraction of sp³-hybridized carbons (Fsp3) is 0.467. The predicted molar refractivity (Wildman–Crippen MR) is 214 cm³/mol. The summed E-state index contributed by atoms with van der Waals surface area (Å²) in [5.74, 6) is 2.77. The normalized spacial score (nSPS) is 22.1. The summed E-state index contributed by atoms with van der Waals surface area (Å²) in [4.78, 5) is 46.4. The minimum atomic E-state index is -0.541. The molecule has 2 N–H and O–H groups in total. The number of imidazole rings is 2. The number of aromatic nitrogens is 4. The Hall–Kier alpha value is -5.12. The van der Waals surface area contributed by atoms with Gasteiger partial charge in [0, 0.05) is 13.1 Å². The number of carbonyl (C=O) groups is 2. The number of likely N-dealkylation sites (tertiary alicyclic amines) is 2. The minimum Gasteiger partial charge on any atom is -0.444 e. The highest BCUT2D eigenvalue weighted by Crippen LogP contribution is 2.58. The van der Waals surface area contributed by atoms with E-state index in [0.717, 1.165) is 59.6 Å². The van der Waals surface area contributed by atoms with Crippen molar-refractivity contribution in [3.8, 4) is 33.5 Å². The predicted octanol–water partition coefficient (Wildman–Crippen LogP) is 10.8. The van der Waals surface area contributed by atoms with Gasteiger partial charge >= 0.3 is 12.2 Å². The van der Waals surface area contributed by atoms with Gasteiger partial charge in [-0.2, -0.15) is 0 Å². The van der Waals surface area contributed by atoms with E-state index in [2.05, 4.69) is 64.6 Å². The molecule has 1 saturated carbocycles. The maximum atomic E-state index is 13.0. The van der Waals surface area contributed by atoms with Crippen LogP contribution in [0.5, 0.6) is 0 Å². The standard InChI is InChI=1S/C45H52N6O4/c1-44(2,3)54-42(52)50-21-7-9-36(50)40-46-25-35(49-40)27-13-11-26(12-14-27)31-18-19-32(39-30-16-15-29(23-30)38(31)39)28-17-20-33-34(24-28)48-41(47-33)37-10-8-22-51(37)43(53)55-45(4,5)6/h11-14,17-20,24-25,29-30,36-37H,7-10,15-16,21-23H2,1-6H3,(H,46,49)(H,47,48)/t29?,30?,36-,37?/m0/s1. The van der Waals surface area contributed by atoms with Crippen LogP contribution in [0, 0.1) is 0 Å². The molecule has 2 bridgehead atoms. The van der Waals surface area contributed by atoms with Crippen LogP contribution in [0.4, 0.5) is 9.59 Å². The van der Waals surface area contributed by atoms with Gasteiger partial charge in [0.2, 0.25) is 0 Å². The van der Waals surface area contributed by atoms with E-state index in [9.17, 15) is 9.59 Å². The first-order valence-corrected chi connectivity index (χ1v) is 20.1. The Labute approximate surface area is 323 Å². The number of hydrogen-bond donors (Lipinski definition) is 2. The van der Waals surface area contributed by atoms with Crippen LogP contribution in [0.25, 0.3) is 44.5 Å². The molecule has 4 aliphatic rings. The molecule has 0 radical (unpaired) electrons. The van der Waals surface area contributed by atoms with Gasteiger partial charge in [0.1, 0.15) is 22.9 Å². The number of benzene rings is 3. The van der Waals surface area contributed by atoms with E-state index in [4.69, 9.17) is 19.4 Å². The Kier molecular flexibility index (Phi) is 8.59. The number of fused-ring (bicyclic) bond motifs is 6. The second-order valence-electron chi connectivity index (χ2n) is 18.0. The lowest BCUT2D eigenvalue weighted by Gasteiger charge is -2.27. The molecule has 0 spiro atoms. The summed E-state index contributed by atoms with van der Waals surface area (Å²) >= 11 is 0. The molecule has 3 fully saturated rings. The highest BCUT2D eigenvalue weighted by molar-refractivity contribution is 5.86. The van der Waals surface area contributed by atoms with E-state index in [0.29, 0.717) is 24.9 Å². The summed E-state index contributed by atoms with van der Waals surface area (Å²) in [5, 5.41) is 0. The highest BCUT2D eigenvalue weighted by atomic mass is 16.6. The first kappa shape index (κ1) is 35.6. The third-order valence-electron chi connectivity index (χ3n) is 11.8. The molecule has 5 aromatic rings. The zero-order valence-corrected chi connectivity index (χ0v) is 32.9. The van der Waals surface area contributed by atoms with Crippen LogP contribution >= 0.6 is 0 Å². The Balaban J connectivity index is 0.972. The second-order valence-corrected chi connectivity index (χ2v) is 18.0. The third-order valence-corrected chi connectivity index (χ3v) is 11.8. The van der Waals surface area contributed by atoms with Crippen molar-refractivity contribution in [1.29, 1.82) is 0 Å². The molecule has 2 saturated heterocycles. The SMILES string of the molecule is CC(C)(C)OC(=O)N1CCCC1c1nc2cc(-c3ccc(-c4ccc(-c5cnc([C@@H]6CCCN6C(=O)OC(C)(C)C)[nH]5)cc4)c4c3C3CCC4C3)ccc2[nH]1. The smallest absolute Gasteiger partial charge is 0.410 e. The number of nitrogens with one attached hydrogen (secondary N) is 2. The molecule has 2 amide bonds. The molecule has 3 unspecified atom stereocenters. The maximum Gasteiger partial charge on any atom is 0.410 e. The molecule has 55 heavy (non-hydrogen) atoms. The van der Waals surface area contributed by atoms with Gasteiger partial charge in [0.25, 0.3) is 0 Å². The van der Waals surface area contributed by atoms with E-state index in [1.54, 1.807) is 4.90 Å². The zero-order valence-electron chi connectivity index (χ0n) is 32.9. The Morgan fingerprint density at radius 3 is 1.82 bits per heavy atom. The van der Waals surface area contributed by atoms with Crippen molar-refractivity contribution in [2.45, 2.75) is 122 Å². The number of nitrogens with zero attached hydrogens (tertiary/aromatic N) is 4. The van der Waals surface area contributed by atoms with Gasteiger partial charge in [0.15, 0.2) is 0 Å². The lowest BCUT2D eigenvalue weighted by molar-refractivity contribution is 0.0208. The molecule has 2 aliphatic carbocycles. The molecular formula is C45H52N6O4. The number of aromatic amines is 2. The molecule has 2 aromatic heterocycles. The van der Waals surface area contributed by atoms with Crippen molar-refractivity contribution in [3.05, 3.63) is 83.6 Å². The summed E-state index contributed by atoms with van der Waals surface area (Å²) in [6.45, 7) is 12.8. The van der Waals surface area contributed by atoms with Crippen molar-refractivity contribution in [2.75, 3.05) is 13.1 Å². The topological polar surface area (TPSA) is 116 Å². The summed E-state index contributed by atoms with van der Waals surface area (Å²) in [6, 6.07) is 19.8. The van der Waals surface area contributed by atoms with Gasteiger partial charge in [-0.15, -0.1) is 0 Å². The van der Waals surface area contributed by atoms with Crippen LogP contribution in [0.2, 0.25) is 0 Å². The lowest BCUT2D eigenvalue weighted by Crippen LogP contribution is -2.36. The molecular weight excluding hydrogens is 689 g/mol. The van der Waals surface area contributed by atoms with Gasteiger partial charge in [-0.3, -0.25) is 9.80 Å². The minimum absolute atomic E-state index is 0.114. The van der Waals surface area contributed by atoms with Crippen LogP contribution in [-0.4, -0.2) is 66.2 Å². The van der Waals surface area contributed by atoms with Crippen molar-refractivity contribution in [1.82, 2.24) is 29.7 Å². The highest BCUT2D eigenvalue weighted by Gasteiger charge is 2.41. The largest absolute Gasteiger partial charge is 0.444 e. The molecule has 2 aliphatic heterocycles. The van der Waals surface area contributed by atoms with Gasteiger partial charge in [-0.05, 0) is 149 Å². The number of H-pyrrole nitrogens is 2. The Morgan fingerprint density at radius 1 is 0.673 bits per heavy atom. The van der Waals surface area contributed by atoms with Crippen molar-refractivity contribution >= 4 is 23.2 Å². The summed E-state index contributed by atoms with van der Waals surface area (Å²) in [7, 11) is 0. The van der Waals surface area contributed by atoms with Crippen LogP contribution in [0.15, 0.2) is 60.8 Å². The van der Waals surface area contributed by atoms with Crippen molar-refractivity contribution < 1.29 is 19.1 Å². The molecule has 286 valence electrons. The molecule has 4 atom stereocenters. The molecule has 4 heterocycles. The van der Waals surface area contributed by atoms with Gasteiger partial charge in [0.05, 0.1) is 35.0 Å². The Bertz CT molecular complexity index is 2270. The quantitative estimate of drug-likeness (QED) is 0.185. The molecule has 10 heteroatoms. The number of hydrogen-bond acceptors (Lipinski definition) is 6. The number of amides is 2. The summed E-state index contributed by atoms with van der Waals surface area (Å²) in [6.07, 6.45) is 8.58. The van der Waals surface area contributed by atoms with E-state index < -0.39 is 11.2 Å². The maximum absolute atomic E-state index is 13.0. The van der Waals surface area contributed by atoms with Gasteiger partial charge in [-0.1, -0.05) is 42.5 Å². The lowest BCUT2D eigenvalue weighted by atomic mass is 9.81. The fourth-order valence-electron chi connectivity index (χ4n) is 9.54. The second kappa shape index (κ2) is 13.3. The monoisotopic (exact) mass is 740 g/mol. The number of carbonyl (C=O) groups excluding carboxylic acids is 2. The summed E-state index contributed by atoms with van der Waals surface area (Å²) in [5.41, 5.74) is 10.9. The van der Waals surface area contributed by atoms with Crippen molar-refractivity contribution in [2.24, 2.45) is 0 Å². The summed E-state index contributed by atoms with van der Waals surface area (Å²) < 4.78 is 11.4. The third kappa shape index (κ3) is 6.67. The fourth-order valence-corrected chi connectivity index (χ4v) is 9.54. The van der Waals surface area contributed by atoms with Gasteiger partial charge in [-0.25, -0.2) is 19.6 Å². The van der Waals surface area contributed by atoms with Crippen molar-refractivity contribution in [3.63, 3.8) is 0 Å². The molecule has 3 aromatic carbocycles. The van der Waals surface area contributed by atoms with Crippen LogP contribution in [-0.2, 0) is 9.47 Å². The van der Waals surface area contributed by atoms with E-state index in [1.165, 1.54) is 52.6 Å². The number of ether oxygens (including phenoxy) is 2. The van der Waals surface area contributed by atoms with E-state index >= 15 is 0 Å². The average Bonchev–Trinajstić information content (AvgIpc) is 3.98. The molecule has 9 rings (SSSR count). The zero-order chi connectivity index (χ0) is 38.2. The van der Waals surface area contributed by atoms with E-state index in [1.807, 2.05) is 52.6 Å².